The minimum absolute atomic E-state index is 0.370. The Labute approximate surface area is 117 Å². The molecule has 1 aromatic rings. The molecule has 0 fully saturated rings. The Morgan fingerprint density at radius 3 is 2.42 bits per heavy atom. The number of nitrogens with zero attached hydrogens (tertiary/aromatic N) is 2. The Morgan fingerprint density at radius 1 is 1.21 bits per heavy atom. The lowest BCUT2D eigenvalue weighted by Crippen LogP contribution is -2.26. The average Bonchev–Trinajstić information content (AvgIpc) is 2.71. The van der Waals surface area contributed by atoms with Gasteiger partial charge in [0.05, 0.1) is 19.0 Å². The van der Waals surface area contributed by atoms with Crippen molar-refractivity contribution in [3.8, 4) is 5.75 Å². The lowest BCUT2D eigenvalue weighted by molar-refractivity contribution is 0.392. The van der Waals surface area contributed by atoms with Crippen molar-refractivity contribution >= 4 is 0 Å². The highest BCUT2D eigenvalue weighted by molar-refractivity contribution is 5.26. The quantitative estimate of drug-likeness (QED) is 0.787. The molecule has 0 saturated carbocycles. The van der Waals surface area contributed by atoms with Crippen molar-refractivity contribution in [1.29, 1.82) is 0 Å². The van der Waals surface area contributed by atoms with E-state index >= 15 is 0 Å². The van der Waals surface area contributed by atoms with Crippen LogP contribution >= 0.6 is 0 Å². The molecule has 0 aromatic carbocycles. The summed E-state index contributed by atoms with van der Waals surface area (Å²) in [6.45, 7) is 13.1. The van der Waals surface area contributed by atoms with Gasteiger partial charge in [-0.2, -0.15) is 5.10 Å². The molecule has 4 nitrogen and oxygen atoms in total. The lowest BCUT2D eigenvalue weighted by atomic mass is 10.0. The third-order valence-corrected chi connectivity index (χ3v) is 3.16. The topological polar surface area (TPSA) is 39.1 Å². The molecule has 1 aromatic heterocycles. The van der Waals surface area contributed by atoms with E-state index < -0.39 is 0 Å². The van der Waals surface area contributed by atoms with E-state index in [4.69, 9.17) is 4.74 Å². The number of hydrogen-bond donors (Lipinski definition) is 1. The van der Waals surface area contributed by atoms with Crippen molar-refractivity contribution in [3.63, 3.8) is 0 Å². The molecule has 0 aliphatic carbocycles. The number of aromatic nitrogens is 2. The van der Waals surface area contributed by atoms with E-state index in [1.54, 1.807) is 7.11 Å². The maximum atomic E-state index is 5.42. The van der Waals surface area contributed by atoms with Crippen LogP contribution in [0.2, 0.25) is 0 Å². The van der Waals surface area contributed by atoms with Gasteiger partial charge in [0.2, 0.25) is 0 Å². The van der Waals surface area contributed by atoms with Crippen LogP contribution in [0.25, 0.3) is 0 Å². The fraction of sp³-hybridized carbons (Fsp3) is 0.800. The SMILES string of the molecule is COc1cnn(C(C)C)c1CC(C)CNCC(C)C. The van der Waals surface area contributed by atoms with Crippen molar-refractivity contribution < 1.29 is 4.74 Å². The van der Waals surface area contributed by atoms with Gasteiger partial charge in [0.25, 0.3) is 0 Å². The zero-order chi connectivity index (χ0) is 14.4. The smallest absolute Gasteiger partial charge is 0.159 e. The fourth-order valence-electron chi connectivity index (χ4n) is 2.20. The molecule has 1 N–H and O–H groups in total. The molecule has 19 heavy (non-hydrogen) atoms. The Balaban J connectivity index is 2.61. The second-order valence-electron chi connectivity index (χ2n) is 6.06. The summed E-state index contributed by atoms with van der Waals surface area (Å²) in [4.78, 5) is 0. The first kappa shape index (κ1) is 16.0. The molecule has 0 radical (unpaired) electrons. The summed E-state index contributed by atoms with van der Waals surface area (Å²) in [7, 11) is 1.72. The van der Waals surface area contributed by atoms with Crippen molar-refractivity contribution in [1.82, 2.24) is 15.1 Å². The van der Waals surface area contributed by atoms with Crippen LogP contribution in [0, 0.1) is 11.8 Å². The van der Waals surface area contributed by atoms with E-state index in [0.717, 1.165) is 25.3 Å². The van der Waals surface area contributed by atoms with Crippen LogP contribution in [0.1, 0.15) is 46.4 Å². The average molecular weight is 267 g/mol. The fourth-order valence-corrected chi connectivity index (χ4v) is 2.20. The molecule has 110 valence electrons. The van der Waals surface area contributed by atoms with Gasteiger partial charge in [-0.1, -0.05) is 20.8 Å². The van der Waals surface area contributed by atoms with Gasteiger partial charge in [-0.15, -0.1) is 0 Å². The molecule has 1 heterocycles. The van der Waals surface area contributed by atoms with Crippen LogP contribution < -0.4 is 10.1 Å². The minimum atomic E-state index is 0.370. The van der Waals surface area contributed by atoms with E-state index in [9.17, 15) is 0 Å². The summed E-state index contributed by atoms with van der Waals surface area (Å²) in [5.74, 6) is 2.18. The molecular formula is C15H29N3O. The molecular weight excluding hydrogens is 238 g/mol. The van der Waals surface area contributed by atoms with E-state index in [1.807, 2.05) is 6.20 Å². The molecule has 1 rings (SSSR count). The number of ether oxygens (including phenoxy) is 1. The predicted molar refractivity (Wildman–Crippen MR) is 79.7 cm³/mol. The second kappa shape index (κ2) is 7.53. The Morgan fingerprint density at radius 2 is 1.89 bits per heavy atom. The van der Waals surface area contributed by atoms with Crippen molar-refractivity contribution in [2.24, 2.45) is 11.8 Å². The highest BCUT2D eigenvalue weighted by Gasteiger charge is 2.16. The first-order valence-electron chi connectivity index (χ1n) is 7.26. The van der Waals surface area contributed by atoms with E-state index in [1.165, 1.54) is 5.69 Å². The van der Waals surface area contributed by atoms with Crippen LogP contribution in [0.3, 0.4) is 0 Å². The summed E-state index contributed by atoms with van der Waals surface area (Å²) in [5.41, 5.74) is 1.20. The highest BCUT2D eigenvalue weighted by Crippen LogP contribution is 2.23. The normalized spacial score (nSPS) is 13.3. The first-order valence-corrected chi connectivity index (χ1v) is 7.26. The maximum Gasteiger partial charge on any atom is 0.159 e. The number of methoxy groups -OCH3 is 1. The summed E-state index contributed by atoms with van der Waals surface area (Å²) in [6.07, 6.45) is 2.82. The Bertz CT molecular complexity index is 371. The Kier molecular flexibility index (Phi) is 6.35. The van der Waals surface area contributed by atoms with Crippen LogP contribution in [0.4, 0.5) is 0 Å². The van der Waals surface area contributed by atoms with Crippen molar-refractivity contribution in [2.75, 3.05) is 20.2 Å². The first-order chi connectivity index (χ1) is 8.95. The standard InChI is InChI=1S/C15H29N3O/c1-11(2)8-16-9-13(5)7-14-15(19-6)10-17-18(14)12(3)4/h10-13,16H,7-9H2,1-6H3. The zero-order valence-electron chi connectivity index (χ0n) is 13.2. The van der Waals surface area contributed by atoms with Gasteiger partial charge in [0, 0.05) is 6.04 Å². The van der Waals surface area contributed by atoms with E-state index in [2.05, 4.69) is 49.7 Å². The summed E-state index contributed by atoms with van der Waals surface area (Å²) in [6, 6.07) is 0.370. The van der Waals surface area contributed by atoms with Gasteiger partial charge < -0.3 is 10.1 Å². The number of hydrogen-bond acceptors (Lipinski definition) is 3. The van der Waals surface area contributed by atoms with Crippen LogP contribution in [-0.4, -0.2) is 30.0 Å². The maximum absolute atomic E-state index is 5.42. The molecule has 0 aliphatic heterocycles. The zero-order valence-corrected chi connectivity index (χ0v) is 13.2. The molecule has 1 atom stereocenters. The molecule has 0 aliphatic rings. The van der Waals surface area contributed by atoms with Gasteiger partial charge in [-0.3, -0.25) is 4.68 Å². The number of nitrogens with one attached hydrogen (secondary N) is 1. The minimum Gasteiger partial charge on any atom is -0.493 e. The third-order valence-electron chi connectivity index (χ3n) is 3.16. The van der Waals surface area contributed by atoms with E-state index in [0.29, 0.717) is 17.9 Å². The van der Waals surface area contributed by atoms with Gasteiger partial charge in [-0.05, 0) is 45.2 Å². The summed E-state index contributed by atoms with van der Waals surface area (Å²) in [5, 5.41) is 7.93. The van der Waals surface area contributed by atoms with Crippen molar-refractivity contribution in [2.45, 2.75) is 47.1 Å². The Hall–Kier alpha value is -1.03. The third kappa shape index (κ3) is 4.86. The molecule has 0 spiro atoms. The van der Waals surface area contributed by atoms with Crippen molar-refractivity contribution in [3.05, 3.63) is 11.9 Å². The summed E-state index contributed by atoms with van der Waals surface area (Å²) < 4.78 is 7.48. The molecule has 4 heteroatoms. The molecule has 0 saturated heterocycles. The van der Waals surface area contributed by atoms with Gasteiger partial charge >= 0.3 is 0 Å². The van der Waals surface area contributed by atoms with E-state index in [-0.39, 0.29) is 0 Å². The lowest BCUT2D eigenvalue weighted by Gasteiger charge is -2.17. The van der Waals surface area contributed by atoms with Crippen LogP contribution in [0.5, 0.6) is 5.75 Å². The molecule has 0 amide bonds. The van der Waals surface area contributed by atoms with Crippen LogP contribution in [0.15, 0.2) is 6.20 Å². The van der Waals surface area contributed by atoms with Gasteiger partial charge in [0.1, 0.15) is 0 Å². The largest absolute Gasteiger partial charge is 0.493 e. The second-order valence-corrected chi connectivity index (χ2v) is 6.06. The van der Waals surface area contributed by atoms with Crippen LogP contribution in [-0.2, 0) is 6.42 Å². The molecule has 1 unspecified atom stereocenters. The summed E-state index contributed by atoms with van der Waals surface area (Å²) >= 11 is 0. The molecule has 0 bridgehead atoms. The predicted octanol–water partition coefficient (Wildman–Crippen LogP) is 2.90. The monoisotopic (exact) mass is 267 g/mol. The highest BCUT2D eigenvalue weighted by atomic mass is 16.5. The number of rotatable bonds is 8. The van der Waals surface area contributed by atoms with Gasteiger partial charge in [-0.25, -0.2) is 0 Å². The van der Waals surface area contributed by atoms with Gasteiger partial charge in [0.15, 0.2) is 5.75 Å².